The third kappa shape index (κ3) is 4.51. The van der Waals surface area contributed by atoms with Gasteiger partial charge in [0, 0.05) is 34.3 Å². The molecule has 1 fully saturated rings. The van der Waals surface area contributed by atoms with Gasteiger partial charge in [-0.1, -0.05) is 58.5 Å². The van der Waals surface area contributed by atoms with E-state index in [9.17, 15) is 4.79 Å². The van der Waals surface area contributed by atoms with Gasteiger partial charge >= 0.3 is 0 Å². The lowest BCUT2D eigenvalue weighted by Gasteiger charge is -2.26. The number of carbonyl (C=O) groups is 1. The molecular weight excluding hydrogens is 412 g/mol. The highest BCUT2D eigenvalue weighted by atomic mass is 35.5. The highest BCUT2D eigenvalue weighted by Gasteiger charge is 2.24. The molecule has 0 aliphatic carbocycles. The summed E-state index contributed by atoms with van der Waals surface area (Å²) in [6.07, 6.45) is 3.66. The average Bonchev–Trinajstić information content (AvgIpc) is 2.57. The average molecular weight is 427 g/mol. The van der Waals surface area contributed by atoms with Crippen LogP contribution in [0.25, 0.3) is 12.2 Å². The molecule has 1 aliphatic rings. The van der Waals surface area contributed by atoms with Gasteiger partial charge in [-0.15, -0.1) is 0 Å². The van der Waals surface area contributed by atoms with Crippen molar-refractivity contribution in [1.82, 2.24) is 4.90 Å². The van der Waals surface area contributed by atoms with E-state index >= 15 is 0 Å². The lowest BCUT2D eigenvalue weighted by molar-refractivity contribution is -0.113. The number of nitrogens with zero attached hydrogens (tertiary/aromatic N) is 1. The summed E-state index contributed by atoms with van der Waals surface area (Å²) in [4.78, 5) is 15.0. The maximum absolute atomic E-state index is 12.9. The Kier molecular flexibility index (Phi) is 6.11. The van der Waals surface area contributed by atoms with Crippen LogP contribution in [0.2, 0.25) is 20.1 Å². The molecule has 134 valence electrons. The molecule has 0 radical (unpaired) electrons. The molecule has 0 saturated carbocycles. The largest absolute Gasteiger partial charge is 0.298 e. The van der Waals surface area contributed by atoms with E-state index in [1.54, 1.807) is 24.3 Å². The van der Waals surface area contributed by atoms with Crippen LogP contribution in [0.5, 0.6) is 0 Å². The quantitative estimate of drug-likeness (QED) is 0.526. The summed E-state index contributed by atoms with van der Waals surface area (Å²) in [7, 11) is 1.96. The minimum atomic E-state index is 0.000175. The Hall–Kier alpha value is -1.29. The minimum Gasteiger partial charge on any atom is -0.298 e. The van der Waals surface area contributed by atoms with Crippen molar-refractivity contribution in [3.8, 4) is 0 Å². The van der Waals surface area contributed by atoms with Crippen LogP contribution in [0.4, 0.5) is 0 Å². The second-order valence-electron chi connectivity index (χ2n) is 6.18. The van der Waals surface area contributed by atoms with E-state index in [2.05, 4.69) is 4.90 Å². The van der Waals surface area contributed by atoms with Gasteiger partial charge in [0.2, 0.25) is 0 Å². The van der Waals surface area contributed by atoms with E-state index in [0.717, 1.165) is 11.1 Å². The molecule has 2 nitrogen and oxygen atoms in total. The fourth-order valence-corrected chi connectivity index (χ4v) is 3.59. The number of likely N-dealkylation sites (N-methyl/N-ethyl adjacent to an activating group) is 1. The zero-order valence-corrected chi connectivity index (χ0v) is 16.9. The number of carbonyl (C=O) groups excluding carboxylic acids is 1. The molecule has 1 aliphatic heterocycles. The monoisotopic (exact) mass is 425 g/mol. The first-order chi connectivity index (χ1) is 12.3. The summed E-state index contributed by atoms with van der Waals surface area (Å²) < 4.78 is 0. The van der Waals surface area contributed by atoms with Gasteiger partial charge in [-0.2, -0.15) is 0 Å². The van der Waals surface area contributed by atoms with Gasteiger partial charge in [0.1, 0.15) is 0 Å². The van der Waals surface area contributed by atoms with Gasteiger partial charge in [0.05, 0.1) is 10.0 Å². The van der Waals surface area contributed by atoms with Crippen molar-refractivity contribution in [2.45, 2.75) is 0 Å². The summed E-state index contributed by atoms with van der Waals surface area (Å²) >= 11 is 24.2. The number of likely N-dealkylation sites (tertiary alicyclic amines) is 1. The minimum absolute atomic E-state index is 0.000175. The van der Waals surface area contributed by atoms with Crippen molar-refractivity contribution >= 4 is 64.3 Å². The number of ketones is 1. The summed E-state index contributed by atoms with van der Waals surface area (Å²) in [5.74, 6) is 0.000175. The number of Topliss-reactive ketones (excluding diaryl/α,β-unsaturated/α-hetero) is 1. The van der Waals surface area contributed by atoms with E-state index in [-0.39, 0.29) is 5.78 Å². The van der Waals surface area contributed by atoms with Crippen molar-refractivity contribution in [2.24, 2.45) is 0 Å². The topological polar surface area (TPSA) is 20.3 Å². The van der Waals surface area contributed by atoms with E-state index in [1.807, 2.05) is 31.3 Å². The predicted molar refractivity (Wildman–Crippen MR) is 111 cm³/mol. The third-order valence-corrected chi connectivity index (χ3v) is 5.34. The van der Waals surface area contributed by atoms with Gasteiger partial charge in [-0.25, -0.2) is 0 Å². The second-order valence-corrected chi connectivity index (χ2v) is 7.84. The van der Waals surface area contributed by atoms with Crippen molar-refractivity contribution in [3.63, 3.8) is 0 Å². The molecule has 0 aromatic heterocycles. The normalized spacial score (nSPS) is 18.7. The van der Waals surface area contributed by atoms with Gasteiger partial charge < -0.3 is 0 Å². The number of hydrogen-bond donors (Lipinski definition) is 0. The Labute approximate surface area is 172 Å². The van der Waals surface area contributed by atoms with Crippen LogP contribution in [0.15, 0.2) is 47.5 Å². The van der Waals surface area contributed by atoms with Crippen LogP contribution in [-0.4, -0.2) is 30.8 Å². The van der Waals surface area contributed by atoms with Gasteiger partial charge in [-0.05, 0) is 54.6 Å². The van der Waals surface area contributed by atoms with E-state index in [4.69, 9.17) is 46.4 Å². The molecule has 2 aromatic carbocycles. The number of piperidine rings is 1. The van der Waals surface area contributed by atoms with Gasteiger partial charge in [0.25, 0.3) is 0 Å². The van der Waals surface area contributed by atoms with Gasteiger partial charge in [0.15, 0.2) is 5.78 Å². The summed E-state index contributed by atoms with van der Waals surface area (Å²) in [6.45, 7) is 1.11. The molecule has 2 aromatic rings. The first-order valence-electron chi connectivity index (χ1n) is 7.88. The zero-order chi connectivity index (χ0) is 18.8. The Morgan fingerprint density at radius 1 is 0.846 bits per heavy atom. The van der Waals surface area contributed by atoms with Crippen LogP contribution in [0, 0.1) is 0 Å². The molecule has 3 rings (SSSR count). The first kappa shape index (κ1) is 19.5. The molecule has 1 heterocycles. The fourth-order valence-electron chi connectivity index (χ4n) is 2.82. The van der Waals surface area contributed by atoms with Crippen LogP contribution >= 0.6 is 46.4 Å². The Morgan fingerprint density at radius 3 is 2.19 bits per heavy atom. The van der Waals surface area contributed by atoms with E-state index in [0.29, 0.717) is 44.3 Å². The maximum atomic E-state index is 12.9. The SMILES string of the molecule is CN1C/C(=C\c2ccc(Cl)c(Cl)c2)C(=O)/C(=C/c2ccc(Cl)cc2Cl)C1. The molecule has 26 heavy (non-hydrogen) atoms. The van der Waals surface area contributed by atoms with Crippen LogP contribution in [-0.2, 0) is 4.79 Å². The predicted octanol–water partition coefficient (Wildman–Crippen LogP) is 6.28. The van der Waals surface area contributed by atoms with Crippen molar-refractivity contribution in [1.29, 1.82) is 0 Å². The second kappa shape index (κ2) is 8.16. The Balaban J connectivity index is 1.96. The van der Waals surface area contributed by atoms with Crippen LogP contribution in [0.1, 0.15) is 11.1 Å². The molecule has 1 saturated heterocycles. The molecule has 0 amide bonds. The molecular formula is C20H15Cl4NO. The molecule has 0 spiro atoms. The van der Waals surface area contributed by atoms with Crippen LogP contribution < -0.4 is 0 Å². The summed E-state index contributed by atoms with van der Waals surface area (Å²) in [5, 5.41) is 2.02. The maximum Gasteiger partial charge on any atom is 0.187 e. The van der Waals surface area contributed by atoms with Crippen molar-refractivity contribution in [3.05, 3.63) is 78.8 Å². The zero-order valence-electron chi connectivity index (χ0n) is 13.9. The fraction of sp³-hybridized carbons (Fsp3) is 0.150. The lowest BCUT2D eigenvalue weighted by Crippen LogP contribution is -2.34. The Morgan fingerprint density at radius 2 is 1.54 bits per heavy atom. The first-order valence-corrected chi connectivity index (χ1v) is 9.39. The number of benzene rings is 2. The standard InChI is InChI=1S/C20H15Cl4NO/c1-25-10-14(6-12-2-5-17(22)19(24)7-12)20(26)15(11-25)8-13-3-4-16(21)9-18(13)23/h2-9H,10-11H2,1H3/b14-6+,15-8+. The summed E-state index contributed by atoms with van der Waals surface area (Å²) in [5.41, 5.74) is 2.97. The Bertz CT molecular complexity index is 933. The number of halogens is 4. The highest BCUT2D eigenvalue weighted by Crippen LogP contribution is 2.28. The third-order valence-electron chi connectivity index (χ3n) is 4.04. The van der Waals surface area contributed by atoms with Gasteiger partial charge in [-0.3, -0.25) is 9.69 Å². The molecule has 0 bridgehead atoms. The smallest absolute Gasteiger partial charge is 0.187 e. The van der Waals surface area contributed by atoms with Crippen molar-refractivity contribution in [2.75, 3.05) is 20.1 Å². The number of rotatable bonds is 2. The van der Waals surface area contributed by atoms with E-state index < -0.39 is 0 Å². The summed E-state index contributed by atoms with van der Waals surface area (Å²) in [6, 6.07) is 10.5. The highest BCUT2D eigenvalue weighted by molar-refractivity contribution is 6.42. The molecule has 6 heteroatoms. The molecule has 0 N–H and O–H groups in total. The van der Waals surface area contributed by atoms with Crippen molar-refractivity contribution < 1.29 is 4.79 Å². The van der Waals surface area contributed by atoms with Crippen LogP contribution in [0.3, 0.4) is 0 Å². The molecule has 0 unspecified atom stereocenters. The number of hydrogen-bond acceptors (Lipinski definition) is 2. The van der Waals surface area contributed by atoms with E-state index in [1.165, 1.54) is 0 Å². The molecule has 0 atom stereocenters. The lowest BCUT2D eigenvalue weighted by atomic mass is 9.94.